The molecule has 2 rings (SSSR count). The van der Waals surface area contributed by atoms with Crippen LogP contribution in [-0.2, 0) is 9.59 Å². The first-order chi connectivity index (χ1) is 9.99. The van der Waals surface area contributed by atoms with Crippen LogP contribution in [-0.4, -0.2) is 30.2 Å². The van der Waals surface area contributed by atoms with E-state index in [9.17, 15) is 9.59 Å². The summed E-state index contributed by atoms with van der Waals surface area (Å²) < 4.78 is 0. The predicted molar refractivity (Wildman–Crippen MR) is 86.6 cm³/mol. The number of nitrogens with one attached hydrogen (secondary N) is 1. The van der Waals surface area contributed by atoms with Gasteiger partial charge in [-0.3, -0.25) is 14.5 Å². The molecule has 0 aliphatic carbocycles. The van der Waals surface area contributed by atoms with E-state index in [4.69, 9.17) is 0 Å². The summed E-state index contributed by atoms with van der Waals surface area (Å²) in [6, 6.07) is 6.94. The molecule has 0 saturated carbocycles. The fourth-order valence-electron chi connectivity index (χ4n) is 2.65. The molecule has 0 spiro atoms. The average Bonchev–Trinajstić information content (AvgIpc) is 2.48. The molecule has 0 bridgehead atoms. The summed E-state index contributed by atoms with van der Waals surface area (Å²) in [4.78, 5) is 27.8. The fraction of sp³-hybridized carbons (Fsp3) is 0.500. The molecule has 21 heavy (non-hydrogen) atoms. The van der Waals surface area contributed by atoms with Crippen molar-refractivity contribution in [1.82, 2.24) is 5.32 Å². The molecule has 2 amide bonds. The second-order valence-electron chi connectivity index (χ2n) is 5.56. The van der Waals surface area contributed by atoms with Crippen molar-refractivity contribution in [2.45, 2.75) is 44.2 Å². The van der Waals surface area contributed by atoms with E-state index in [-0.39, 0.29) is 17.7 Å². The highest BCUT2D eigenvalue weighted by Crippen LogP contribution is 2.28. The first-order valence-corrected chi connectivity index (χ1v) is 8.49. The maximum absolute atomic E-state index is 12.7. The standard InChI is InChI=1S/C16H22N2O2S/c1-5-13-16(20)18(14(10(2)3)15(19)17-13)11-6-8-12(21-4)9-7-11/h6-10,13-14H,5H2,1-4H3,(H,17,19). The Labute approximate surface area is 130 Å². The molecular formula is C16H22N2O2S. The minimum Gasteiger partial charge on any atom is -0.342 e. The van der Waals surface area contributed by atoms with Gasteiger partial charge in [-0.15, -0.1) is 11.8 Å². The first-order valence-electron chi connectivity index (χ1n) is 7.27. The molecule has 2 unspecified atom stereocenters. The summed E-state index contributed by atoms with van der Waals surface area (Å²) in [6.07, 6.45) is 2.62. The molecule has 1 aromatic carbocycles. The van der Waals surface area contributed by atoms with Crippen LogP contribution in [0.15, 0.2) is 29.2 Å². The van der Waals surface area contributed by atoms with Gasteiger partial charge in [0.05, 0.1) is 0 Å². The largest absolute Gasteiger partial charge is 0.342 e. The zero-order valence-corrected chi connectivity index (χ0v) is 13.7. The predicted octanol–water partition coefficient (Wildman–Crippen LogP) is 2.67. The Bertz CT molecular complexity index is 528. The number of hydrogen-bond acceptors (Lipinski definition) is 3. The Hall–Kier alpha value is -1.49. The number of rotatable bonds is 4. The van der Waals surface area contributed by atoms with Crippen LogP contribution in [0.5, 0.6) is 0 Å². The molecule has 1 aromatic rings. The van der Waals surface area contributed by atoms with Gasteiger partial charge in [0.1, 0.15) is 12.1 Å². The van der Waals surface area contributed by atoms with Gasteiger partial charge >= 0.3 is 0 Å². The van der Waals surface area contributed by atoms with Gasteiger partial charge in [-0.1, -0.05) is 20.8 Å². The fourth-order valence-corrected chi connectivity index (χ4v) is 3.06. The summed E-state index contributed by atoms with van der Waals surface area (Å²) in [7, 11) is 0. The topological polar surface area (TPSA) is 49.4 Å². The van der Waals surface area contributed by atoms with E-state index in [1.54, 1.807) is 16.7 Å². The third kappa shape index (κ3) is 3.07. The maximum Gasteiger partial charge on any atom is 0.250 e. The number of amides is 2. The highest BCUT2D eigenvalue weighted by atomic mass is 32.2. The van der Waals surface area contributed by atoms with E-state index in [1.165, 1.54) is 0 Å². The van der Waals surface area contributed by atoms with Gasteiger partial charge in [0.25, 0.3) is 0 Å². The molecule has 1 saturated heterocycles. The second kappa shape index (κ2) is 6.52. The first kappa shape index (κ1) is 15.9. The van der Waals surface area contributed by atoms with Gasteiger partial charge in [-0.05, 0) is 42.9 Å². The van der Waals surface area contributed by atoms with E-state index in [0.717, 1.165) is 10.6 Å². The Morgan fingerprint density at radius 2 is 1.86 bits per heavy atom. The number of carbonyl (C=O) groups is 2. The van der Waals surface area contributed by atoms with Crippen LogP contribution in [0.4, 0.5) is 5.69 Å². The molecule has 4 nitrogen and oxygen atoms in total. The number of thioether (sulfide) groups is 1. The van der Waals surface area contributed by atoms with Gasteiger partial charge in [-0.25, -0.2) is 0 Å². The number of nitrogens with zero attached hydrogens (tertiary/aromatic N) is 1. The highest BCUT2D eigenvalue weighted by Gasteiger charge is 2.41. The van der Waals surface area contributed by atoms with Crippen LogP contribution in [0.1, 0.15) is 27.2 Å². The van der Waals surface area contributed by atoms with Crippen molar-refractivity contribution in [1.29, 1.82) is 0 Å². The van der Waals surface area contributed by atoms with Crippen LogP contribution in [0.2, 0.25) is 0 Å². The average molecular weight is 306 g/mol. The number of carbonyl (C=O) groups excluding carboxylic acids is 2. The number of anilines is 1. The second-order valence-corrected chi connectivity index (χ2v) is 6.44. The van der Waals surface area contributed by atoms with Crippen LogP contribution in [0.25, 0.3) is 0 Å². The molecular weight excluding hydrogens is 284 g/mol. The van der Waals surface area contributed by atoms with E-state index < -0.39 is 12.1 Å². The summed E-state index contributed by atoms with van der Waals surface area (Å²) in [5, 5.41) is 2.84. The molecule has 5 heteroatoms. The van der Waals surface area contributed by atoms with Gasteiger partial charge < -0.3 is 5.32 Å². The molecule has 1 aliphatic heterocycles. The van der Waals surface area contributed by atoms with Gasteiger partial charge in [-0.2, -0.15) is 0 Å². The highest BCUT2D eigenvalue weighted by molar-refractivity contribution is 7.98. The van der Waals surface area contributed by atoms with E-state index >= 15 is 0 Å². The monoisotopic (exact) mass is 306 g/mol. The summed E-state index contributed by atoms with van der Waals surface area (Å²) in [6.45, 7) is 5.84. The van der Waals surface area contributed by atoms with Crippen LogP contribution >= 0.6 is 11.8 Å². The van der Waals surface area contributed by atoms with Crippen molar-refractivity contribution in [3.8, 4) is 0 Å². The molecule has 0 radical (unpaired) electrons. The normalized spacial score (nSPS) is 22.6. The van der Waals surface area contributed by atoms with E-state index in [2.05, 4.69) is 5.32 Å². The smallest absolute Gasteiger partial charge is 0.250 e. The molecule has 1 fully saturated rings. The lowest BCUT2D eigenvalue weighted by atomic mass is 9.95. The minimum absolute atomic E-state index is 0.0206. The quantitative estimate of drug-likeness (QED) is 0.870. The van der Waals surface area contributed by atoms with Gasteiger partial charge in [0.2, 0.25) is 11.8 Å². The van der Waals surface area contributed by atoms with Crippen molar-refractivity contribution in [2.75, 3.05) is 11.2 Å². The third-order valence-electron chi connectivity index (χ3n) is 3.79. The lowest BCUT2D eigenvalue weighted by Crippen LogP contribution is -2.65. The van der Waals surface area contributed by atoms with Crippen LogP contribution in [0, 0.1) is 5.92 Å². The Kier molecular flexibility index (Phi) is 4.93. The van der Waals surface area contributed by atoms with Crippen molar-refractivity contribution >= 4 is 29.3 Å². The molecule has 1 heterocycles. The number of benzene rings is 1. The Morgan fingerprint density at radius 3 is 2.33 bits per heavy atom. The molecule has 2 atom stereocenters. The SMILES string of the molecule is CCC1NC(=O)C(C(C)C)N(c2ccc(SC)cc2)C1=O. The van der Waals surface area contributed by atoms with E-state index in [1.807, 2.05) is 51.3 Å². The van der Waals surface area contributed by atoms with Crippen LogP contribution in [0.3, 0.4) is 0 Å². The Balaban J connectivity index is 2.41. The van der Waals surface area contributed by atoms with Crippen molar-refractivity contribution in [2.24, 2.45) is 5.92 Å². The summed E-state index contributed by atoms with van der Waals surface area (Å²) >= 11 is 1.65. The molecule has 0 aromatic heterocycles. The summed E-state index contributed by atoms with van der Waals surface area (Å²) in [5.74, 6) is -0.0231. The van der Waals surface area contributed by atoms with Gasteiger partial charge in [0.15, 0.2) is 0 Å². The Morgan fingerprint density at radius 1 is 1.24 bits per heavy atom. The summed E-state index contributed by atoms with van der Waals surface area (Å²) in [5.41, 5.74) is 0.796. The van der Waals surface area contributed by atoms with Crippen molar-refractivity contribution in [3.05, 3.63) is 24.3 Å². The molecule has 1 N–H and O–H groups in total. The molecule has 114 valence electrons. The third-order valence-corrected chi connectivity index (χ3v) is 4.53. The number of piperazine rings is 1. The lowest BCUT2D eigenvalue weighted by Gasteiger charge is -2.40. The molecule has 1 aliphatic rings. The van der Waals surface area contributed by atoms with E-state index in [0.29, 0.717) is 6.42 Å². The maximum atomic E-state index is 12.7. The minimum atomic E-state index is -0.444. The van der Waals surface area contributed by atoms with Gasteiger partial charge in [0, 0.05) is 10.6 Å². The van der Waals surface area contributed by atoms with Crippen LogP contribution < -0.4 is 10.2 Å². The zero-order chi connectivity index (χ0) is 15.6. The number of hydrogen-bond donors (Lipinski definition) is 1. The van der Waals surface area contributed by atoms with Crippen molar-refractivity contribution in [3.63, 3.8) is 0 Å². The van der Waals surface area contributed by atoms with Crippen molar-refractivity contribution < 1.29 is 9.59 Å². The lowest BCUT2D eigenvalue weighted by molar-refractivity contribution is -0.134. The zero-order valence-electron chi connectivity index (χ0n) is 12.9.